The molecule has 0 atom stereocenters. The van der Waals surface area contributed by atoms with Crippen LogP contribution in [0.5, 0.6) is 5.75 Å². The molecule has 1 heterocycles. The van der Waals surface area contributed by atoms with Crippen molar-refractivity contribution in [3.05, 3.63) is 30.0 Å². The molecule has 0 fully saturated rings. The molecule has 0 saturated heterocycles. The second-order valence-electron chi connectivity index (χ2n) is 5.22. The molecule has 0 bridgehead atoms. The summed E-state index contributed by atoms with van der Waals surface area (Å²) in [5.41, 5.74) is 1.27. The van der Waals surface area contributed by atoms with Crippen LogP contribution in [0.2, 0.25) is 0 Å². The molecule has 0 aliphatic heterocycles. The Morgan fingerprint density at radius 1 is 1.33 bits per heavy atom. The van der Waals surface area contributed by atoms with Crippen LogP contribution in [0.3, 0.4) is 0 Å². The van der Waals surface area contributed by atoms with E-state index in [0.29, 0.717) is 23.6 Å². The largest absolute Gasteiger partial charge is 0.495 e. The van der Waals surface area contributed by atoms with Crippen LogP contribution in [0, 0.1) is 6.92 Å². The Kier molecular flexibility index (Phi) is 5.61. The SMILES string of the molecule is CCNC(=O)CCS(=O)(=O)c1cc(-c2cc(C)no2)ccc1OC. The fraction of sp³-hybridized carbons (Fsp3) is 0.375. The van der Waals surface area contributed by atoms with E-state index in [-0.39, 0.29) is 28.7 Å². The van der Waals surface area contributed by atoms with Crippen molar-refractivity contribution in [1.82, 2.24) is 10.5 Å². The number of sulfone groups is 1. The normalized spacial score (nSPS) is 11.3. The van der Waals surface area contributed by atoms with Gasteiger partial charge < -0.3 is 14.6 Å². The van der Waals surface area contributed by atoms with Gasteiger partial charge in [0.15, 0.2) is 15.6 Å². The highest BCUT2D eigenvalue weighted by Crippen LogP contribution is 2.31. The molecule has 1 aromatic carbocycles. The molecule has 0 aliphatic rings. The molecular weight excluding hydrogens is 332 g/mol. The number of ether oxygens (including phenoxy) is 1. The number of aromatic nitrogens is 1. The summed E-state index contributed by atoms with van der Waals surface area (Å²) in [6.07, 6.45) is -0.106. The van der Waals surface area contributed by atoms with E-state index in [2.05, 4.69) is 10.5 Å². The Balaban J connectivity index is 2.34. The zero-order valence-corrected chi connectivity index (χ0v) is 14.6. The van der Waals surface area contributed by atoms with Crippen LogP contribution in [0.25, 0.3) is 11.3 Å². The summed E-state index contributed by atoms with van der Waals surface area (Å²) in [4.78, 5) is 11.6. The van der Waals surface area contributed by atoms with Crippen LogP contribution in [0.4, 0.5) is 0 Å². The first-order chi connectivity index (χ1) is 11.4. The number of aryl methyl sites for hydroxylation is 1. The van der Waals surface area contributed by atoms with Crippen LogP contribution in [0.15, 0.2) is 33.7 Å². The van der Waals surface area contributed by atoms with Crippen molar-refractivity contribution in [3.63, 3.8) is 0 Å². The van der Waals surface area contributed by atoms with Crippen LogP contribution in [-0.4, -0.2) is 38.9 Å². The van der Waals surface area contributed by atoms with Crippen molar-refractivity contribution < 1.29 is 22.5 Å². The average molecular weight is 352 g/mol. The van der Waals surface area contributed by atoms with Crippen molar-refractivity contribution in [1.29, 1.82) is 0 Å². The highest BCUT2D eigenvalue weighted by atomic mass is 32.2. The Labute approximate surface area is 140 Å². The van der Waals surface area contributed by atoms with Crippen molar-refractivity contribution in [2.45, 2.75) is 25.2 Å². The van der Waals surface area contributed by atoms with E-state index in [1.54, 1.807) is 32.0 Å². The predicted molar refractivity (Wildman–Crippen MR) is 88.6 cm³/mol. The lowest BCUT2D eigenvalue weighted by Gasteiger charge is -2.11. The fourth-order valence-electron chi connectivity index (χ4n) is 2.20. The van der Waals surface area contributed by atoms with Gasteiger partial charge in [0.05, 0.1) is 18.6 Å². The third-order valence-corrected chi connectivity index (χ3v) is 5.11. The van der Waals surface area contributed by atoms with Crippen LogP contribution in [-0.2, 0) is 14.6 Å². The number of hydrogen-bond donors (Lipinski definition) is 1. The molecule has 1 N–H and O–H groups in total. The molecule has 0 unspecified atom stereocenters. The first-order valence-electron chi connectivity index (χ1n) is 7.48. The number of nitrogens with zero attached hydrogens (tertiary/aromatic N) is 1. The van der Waals surface area contributed by atoms with E-state index in [1.165, 1.54) is 13.2 Å². The van der Waals surface area contributed by atoms with Crippen molar-refractivity contribution in [2.24, 2.45) is 0 Å². The van der Waals surface area contributed by atoms with E-state index in [1.807, 2.05) is 0 Å². The number of carbonyl (C=O) groups excluding carboxylic acids is 1. The number of carbonyl (C=O) groups is 1. The molecule has 8 heteroatoms. The smallest absolute Gasteiger partial charge is 0.221 e. The molecule has 130 valence electrons. The Hall–Kier alpha value is -2.35. The third kappa shape index (κ3) is 4.14. The summed E-state index contributed by atoms with van der Waals surface area (Å²) >= 11 is 0. The number of amides is 1. The first-order valence-corrected chi connectivity index (χ1v) is 9.13. The predicted octanol–water partition coefficient (Wildman–Crippen LogP) is 1.96. The summed E-state index contributed by atoms with van der Waals surface area (Å²) in [5.74, 6) is 0.0944. The molecule has 1 aromatic heterocycles. The maximum absolute atomic E-state index is 12.6. The number of hydrogen-bond acceptors (Lipinski definition) is 6. The summed E-state index contributed by atoms with van der Waals surface area (Å²) in [5, 5.41) is 6.38. The van der Waals surface area contributed by atoms with E-state index < -0.39 is 9.84 Å². The highest BCUT2D eigenvalue weighted by molar-refractivity contribution is 7.91. The molecule has 1 amide bonds. The maximum atomic E-state index is 12.6. The molecular formula is C16H20N2O5S. The third-order valence-electron chi connectivity index (χ3n) is 3.38. The summed E-state index contributed by atoms with van der Waals surface area (Å²) in [6.45, 7) is 4.02. The number of nitrogens with one attached hydrogen (secondary N) is 1. The number of rotatable bonds is 7. The number of benzene rings is 1. The van der Waals surface area contributed by atoms with Crippen LogP contribution >= 0.6 is 0 Å². The van der Waals surface area contributed by atoms with Gasteiger partial charge in [0.1, 0.15) is 10.6 Å². The number of methoxy groups -OCH3 is 1. The van der Waals surface area contributed by atoms with E-state index >= 15 is 0 Å². The van der Waals surface area contributed by atoms with Gasteiger partial charge >= 0.3 is 0 Å². The van der Waals surface area contributed by atoms with Crippen LogP contribution < -0.4 is 10.1 Å². The zero-order chi connectivity index (χ0) is 17.7. The average Bonchev–Trinajstić information content (AvgIpc) is 2.99. The van der Waals surface area contributed by atoms with Gasteiger partial charge in [-0.25, -0.2) is 8.42 Å². The van der Waals surface area contributed by atoms with Gasteiger partial charge in [0.2, 0.25) is 5.91 Å². The van der Waals surface area contributed by atoms with Gasteiger partial charge in [-0.05, 0) is 32.0 Å². The lowest BCUT2D eigenvalue weighted by Crippen LogP contribution is -2.25. The molecule has 24 heavy (non-hydrogen) atoms. The lowest BCUT2D eigenvalue weighted by molar-refractivity contribution is -0.120. The summed E-state index contributed by atoms with van der Waals surface area (Å²) < 4.78 is 35.5. The fourth-order valence-corrected chi connectivity index (χ4v) is 3.63. The zero-order valence-electron chi connectivity index (χ0n) is 13.8. The monoisotopic (exact) mass is 352 g/mol. The van der Waals surface area contributed by atoms with Gasteiger partial charge in [0, 0.05) is 24.6 Å². The maximum Gasteiger partial charge on any atom is 0.221 e. The van der Waals surface area contributed by atoms with Gasteiger partial charge in [-0.15, -0.1) is 0 Å². The van der Waals surface area contributed by atoms with Crippen LogP contribution in [0.1, 0.15) is 19.0 Å². The van der Waals surface area contributed by atoms with Crippen molar-refractivity contribution >= 4 is 15.7 Å². The highest BCUT2D eigenvalue weighted by Gasteiger charge is 2.22. The minimum atomic E-state index is -3.69. The summed E-state index contributed by atoms with van der Waals surface area (Å²) in [6, 6.07) is 6.45. The van der Waals surface area contributed by atoms with E-state index in [4.69, 9.17) is 9.26 Å². The molecule has 7 nitrogen and oxygen atoms in total. The van der Waals surface area contributed by atoms with E-state index in [0.717, 1.165) is 0 Å². The molecule has 0 aliphatic carbocycles. The molecule has 0 saturated carbocycles. The van der Waals surface area contributed by atoms with Gasteiger partial charge in [-0.2, -0.15) is 0 Å². The van der Waals surface area contributed by atoms with Gasteiger partial charge in [-0.1, -0.05) is 5.16 Å². The minimum Gasteiger partial charge on any atom is -0.495 e. The lowest BCUT2D eigenvalue weighted by atomic mass is 10.1. The summed E-state index contributed by atoms with van der Waals surface area (Å²) in [7, 11) is -2.29. The second kappa shape index (κ2) is 7.48. The molecule has 2 aromatic rings. The van der Waals surface area contributed by atoms with Gasteiger partial charge in [-0.3, -0.25) is 4.79 Å². The van der Waals surface area contributed by atoms with Gasteiger partial charge in [0.25, 0.3) is 0 Å². The first kappa shape index (κ1) is 18.0. The Bertz CT molecular complexity index is 827. The molecule has 0 radical (unpaired) electrons. The topological polar surface area (TPSA) is 98.5 Å². The minimum absolute atomic E-state index is 0.0286. The Morgan fingerprint density at radius 3 is 2.67 bits per heavy atom. The molecule has 0 spiro atoms. The quantitative estimate of drug-likeness (QED) is 0.818. The van der Waals surface area contributed by atoms with Crippen molar-refractivity contribution in [2.75, 3.05) is 19.4 Å². The second-order valence-corrected chi connectivity index (χ2v) is 7.30. The standard InChI is InChI=1S/C16H20N2O5S/c1-4-17-16(19)7-8-24(20,21)15-10-12(5-6-13(15)22-3)14-9-11(2)18-23-14/h5-6,9-10H,4,7-8H2,1-3H3,(H,17,19). The van der Waals surface area contributed by atoms with Crippen molar-refractivity contribution in [3.8, 4) is 17.1 Å². The molecule has 2 rings (SSSR count). The Morgan fingerprint density at radius 2 is 2.08 bits per heavy atom. The van der Waals surface area contributed by atoms with E-state index in [9.17, 15) is 13.2 Å².